The van der Waals surface area contributed by atoms with E-state index in [1.165, 1.54) is 0 Å². The minimum Gasteiger partial charge on any atom is -0.459 e. The first kappa shape index (κ1) is 22.5. The predicted molar refractivity (Wildman–Crippen MR) is 125 cm³/mol. The van der Waals surface area contributed by atoms with Crippen molar-refractivity contribution in [2.24, 2.45) is 4.99 Å². The van der Waals surface area contributed by atoms with Crippen LogP contribution in [0.5, 0.6) is 0 Å². The third-order valence-electron chi connectivity index (χ3n) is 4.01. The first-order valence-corrected chi connectivity index (χ1v) is 9.64. The average molecular weight is 559 g/mol. The fourth-order valence-electron chi connectivity index (χ4n) is 2.51. The third kappa shape index (κ3) is 6.10. The van der Waals surface area contributed by atoms with Gasteiger partial charge in [-0.2, -0.15) is 0 Å². The van der Waals surface area contributed by atoms with E-state index in [0.29, 0.717) is 24.9 Å². The van der Waals surface area contributed by atoms with E-state index in [1.54, 1.807) is 0 Å². The second-order valence-electron chi connectivity index (χ2n) is 6.07. The zero-order chi connectivity index (χ0) is 19.2. The molecule has 0 aliphatic rings. The lowest BCUT2D eigenvalue weighted by Gasteiger charge is -2.09. The highest BCUT2D eigenvalue weighted by Crippen LogP contribution is 2.24. The second-order valence-corrected chi connectivity index (χ2v) is 6.99. The summed E-state index contributed by atoms with van der Waals surface area (Å²) in [6.07, 6.45) is 0. The molecule has 0 bridgehead atoms. The Labute approximate surface area is 190 Å². The number of aryl methyl sites for hydroxylation is 2. The predicted octanol–water partition coefficient (Wildman–Crippen LogP) is 5.19. The van der Waals surface area contributed by atoms with Crippen LogP contribution in [0.4, 0.5) is 0 Å². The number of halogens is 2. The van der Waals surface area contributed by atoms with Crippen LogP contribution in [0.25, 0.3) is 11.3 Å². The Bertz CT molecular complexity index is 899. The third-order valence-corrected chi connectivity index (χ3v) is 4.54. The summed E-state index contributed by atoms with van der Waals surface area (Å²) in [7, 11) is 0. The molecule has 3 aromatic rings. The van der Waals surface area contributed by atoms with Crippen molar-refractivity contribution in [3.05, 3.63) is 64.0 Å². The Kier molecular flexibility index (Phi) is 8.56. The quantitative estimate of drug-likeness (QED) is 0.247. The molecule has 8 heteroatoms. The molecule has 0 atom stereocenters. The number of aliphatic imine (C=N–C) groups is 1. The minimum atomic E-state index is 0. The SMILES string of the molecule is CCNC(=NCc1ccc(-c2ccc(Br)cc2)o1)NCc1nc(C)c(C)o1.I. The maximum absolute atomic E-state index is 5.91. The van der Waals surface area contributed by atoms with Crippen LogP contribution >= 0.6 is 39.9 Å². The summed E-state index contributed by atoms with van der Waals surface area (Å²) < 4.78 is 12.5. The summed E-state index contributed by atoms with van der Waals surface area (Å²) in [5.74, 6) is 3.80. The zero-order valence-electron chi connectivity index (χ0n) is 16.1. The van der Waals surface area contributed by atoms with Crippen molar-refractivity contribution < 1.29 is 8.83 Å². The Hall–Kier alpha value is -1.81. The average Bonchev–Trinajstić information content (AvgIpc) is 3.25. The highest BCUT2D eigenvalue weighted by Gasteiger charge is 2.08. The normalized spacial score (nSPS) is 11.2. The Balaban J connectivity index is 0.00000280. The molecule has 150 valence electrons. The monoisotopic (exact) mass is 558 g/mol. The van der Waals surface area contributed by atoms with E-state index in [0.717, 1.165) is 39.6 Å². The molecule has 2 aromatic heterocycles. The number of oxazole rings is 1. The van der Waals surface area contributed by atoms with Crippen LogP contribution in [0.15, 0.2) is 54.7 Å². The molecular weight excluding hydrogens is 535 g/mol. The van der Waals surface area contributed by atoms with Crippen molar-refractivity contribution in [3.63, 3.8) is 0 Å². The van der Waals surface area contributed by atoms with Gasteiger partial charge < -0.3 is 19.5 Å². The van der Waals surface area contributed by atoms with Gasteiger partial charge in [0.05, 0.1) is 12.2 Å². The highest BCUT2D eigenvalue weighted by atomic mass is 127. The molecule has 0 fully saturated rings. The largest absolute Gasteiger partial charge is 0.459 e. The minimum absolute atomic E-state index is 0. The van der Waals surface area contributed by atoms with Gasteiger partial charge in [-0.3, -0.25) is 0 Å². The lowest BCUT2D eigenvalue weighted by Crippen LogP contribution is -2.36. The van der Waals surface area contributed by atoms with E-state index >= 15 is 0 Å². The summed E-state index contributed by atoms with van der Waals surface area (Å²) in [5.41, 5.74) is 1.94. The van der Waals surface area contributed by atoms with Gasteiger partial charge in [-0.05, 0) is 45.0 Å². The summed E-state index contributed by atoms with van der Waals surface area (Å²) >= 11 is 3.44. The molecule has 2 heterocycles. The molecule has 0 aliphatic carbocycles. The Morgan fingerprint density at radius 2 is 1.82 bits per heavy atom. The van der Waals surface area contributed by atoms with E-state index < -0.39 is 0 Å². The van der Waals surface area contributed by atoms with Crippen LogP contribution in [0.3, 0.4) is 0 Å². The number of nitrogens with zero attached hydrogens (tertiary/aromatic N) is 2. The smallest absolute Gasteiger partial charge is 0.214 e. The lowest BCUT2D eigenvalue weighted by atomic mass is 10.2. The van der Waals surface area contributed by atoms with Gasteiger partial charge in [-0.15, -0.1) is 24.0 Å². The van der Waals surface area contributed by atoms with Gasteiger partial charge in [0.25, 0.3) is 0 Å². The summed E-state index contributed by atoms with van der Waals surface area (Å²) in [4.78, 5) is 8.94. The molecule has 2 N–H and O–H groups in total. The molecule has 0 radical (unpaired) electrons. The number of benzene rings is 1. The van der Waals surface area contributed by atoms with E-state index in [4.69, 9.17) is 8.83 Å². The van der Waals surface area contributed by atoms with Gasteiger partial charge in [-0.25, -0.2) is 9.98 Å². The molecule has 0 unspecified atom stereocenters. The number of aromatic nitrogens is 1. The van der Waals surface area contributed by atoms with Crippen molar-refractivity contribution >= 4 is 45.9 Å². The molecule has 1 aromatic carbocycles. The van der Waals surface area contributed by atoms with Crippen molar-refractivity contribution in [3.8, 4) is 11.3 Å². The van der Waals surface area contributed by atoms with Crippen LogP contribution in [0.2, 0.25) is 0 Å². The van der Waals surface area contributed by atoms with Crippen molar-refractivity contribution in [2.75, 3.05) is 6.54 Å². The fraction of sp³-hybridized carbons (Fsp3) is 0.300. The van der Waals surface area contributed by atoms with Gasteiger partial charge >= 0.3 is 0 Å². The second kappa shape index (κ2) is 10.7. The molecule has 0 saturated heterocycles. The van der Waals surface area contributed by atoms with E-state index in [2.05, 4.69) is 36.5 Å². The zero-order valence-corrected chi connectivity index (χ0v) is 20.0. The van der Waals surface area contributed by atoms with Gasteiger partial charge in [-0.1, -0.05) is 28.1 Å². The molecule has 6 nitrogen and oxygen atoms in total. The first-order chi connectivity index (χ1) is 13.0. The van der Waals surface area contributed by atoms with E-state index in [-0.39, 0.29) is 24.0 Å². The highest BCUT2D eigenvalue weighted by molar-refractivity contribution is 14.0. The van der Waals surface area contributed by atoms with Crippen LogP contribution in [-0.4, -0.2) is 17.5 Å². The molecule has 0 amide bonds. The molecular formula is C20H24BrIN4O2. The summed E-state index contributed by atoms with van der Waals surface area (Å²) in [5, 5.41) is 6.44. The van der Waals surface area contributed by atoms with Crippen molar-refractivity contribution in [1.82, 2.24) is 15.6 Å². The van der Waals surface area contributed by atoms with Crippen LogP contribution < -0.4 is 10.6 Å². The topological polar surface area (TPSA) is 75.6 Å². The molecule has 0 aliphatic heterocycles. The standard InChI is InChI=1S/C20H23BrN4O2.HI/c1-4-22-20(24-12-19-25-13(2)14(3)26-19)23-11-17-9-10-18(27-17)15-5-7-16(21)8-6-15;/h5-10H,4,11-12H2,1-3H3,(H2,22,23,24);1H. The van der Waals surface area contributed by atoms with Crippen LogP contribution in [0, 0.1) is 13.8 Å². The first-order valence-electron chi connectivity index (χ1n) is 8.85. The maximum atomic E-state index is 5.91. The number of rotatable bonds is 6. The number of hydrogen-bond acceptors (Lipinski definition) is 4. The van der Waals surface area contributed by atoms with E-state index in [1.807, 2.05) is 57.2 Å². The van der Waals surface area contributed by atoms with Gasteiger partial charge in [0.1, 0.15) is 23.8 Å². The fourth-order valence-corrected chi connectivity index (χ4v) is 2.77. The summed E-state index contributed by atoms with van der Waals surface area (Å²) in [6.45, 7) is 7.54. The van der Waals surface area contributed by atoms with Crippen molar-refractivity contribution in [1.29, 1.82) is 0 Å². The molecule has 0 saturated carbocycles. The lowest BCUT2D eigenvalue weighted by molar-refractivity contribution is 0.463. The van der Waals surface area contributed by atoms with Crippen LogP contribution in [-0.2, 0) is 13.1 Å². The molecule has 3 rings (SSSR count). The Morgan fingerprint density at radius 3 is 2.46 bits per heavy atom. The Morgan fingerprint density at radius 1 is 1.07 bits per heavy atom. The molecule has 0 spiro atoms. The number of nitrogens with one attached hydrogen (secondary N) is 2. The van der Waals surface area contributed by atoms with Gasteiger partial charge in [0.2, 0.25) is 5.89 Å². The maximum Gasteiger partial charge on any atom is 0.214 e. The van der Waals surface area contributed by atoms with Crippen molar-refractivity contribution in [2.45, 2.75) is 33.9 Å². The van der Waals surface area contributed by atoms with Crippen LogP contribution in [0.1, 0.15) is 30.0 Å². The van der Waals surface area contributed by atoms with Gasteiger partial charge in [0.15, 0.2) is 5.96 Å². The van der Waals surface area contributed by atoms with E-state index in [9.17, 15) is 0 Å². The summed E-state index contributed by atoms with van der Waals surface area (Å²) in [6, 6.07) is 11.9. The molecule has 28 heavy (non-hydrogen) atoms. The number of furan rings is 1. The number of hydrogen-bond donors (Lipinski definition) is 2. The number of guanidine groups is 1. The van der Waals surface area contributed by atoms with Gasteiger partial charge in [0, 0.05) is 16.6 Å².